The molecule has 2 fully saturated rings. The lowest BCUT2D eigenvalue weighted by Crippen LogP contribution is -2.47. The van der Waals surface area contributed by atoms with Gasteiger partial charge in [-0.15, -0.1) is 0 Å². The lowest BCUT2D eigenvalue weighted by atomic mass is 10.1. The van der Waals surface area contributed by atoms with Gasteiger partial charge in [-0.1, -0.05) is 0 Å². The second-order valence-corrected chi connectivity index (χ2v) is 10.3. The first kappa shape index (κ1) is 20.2. The first-order chi connectivity index (χ1) is 14.9. The summed E-state index contributed by atoms with van der Waals surface area (Å²) in [6.45, 7) is 3.67. The number of sulfone groups is 1. The number of carbonyl (C=O) groups is 1. The second-order valence-electron chi connectivity index (χ2n) is 8.22. The fraction of sp³-hybridized carbons (Fsp3) is 0.476. The molecule has 2 aromatic rings. The predicted octanol–water partition coefficient (Wildman–Crippen LogP) is 2.08. The van der Waals surface area contributed by atoms with Crippen LogP contribution in [-0.4, -0.2) is 56.3 Å². The molecule has 3 aliphatic rings. The van der Waals surface area contributed by atoms with Crippen LogP contribution >= 0.6 is 0 Å². The van der Waals surface area contributed by atoms with Gasteiger partial charge in [0.05, 0.1) is 42.5 Å². The van der Waals surface area contributed by atoms with E-state index in [-0.39, 0.29) is 29.6 Å². The summed E-state index contributed by atoms with van der Waals surface area (Å²) < 4.78 is 30.5. The van der Waals surface area contributed by atoms with Gasteiger partial charge in [0.1, 0.15) is 5.82 Å². The van der Waals surface area contributed by atoms with Gasteiger partial charge < -0.3 is 20.3 Å². The Kier molecular flexibility index (Phi) is 5.05. The van der Waals surface area contributed by atoms with Crippen molar-refractivity contribution >= 4 is 27.4 Å². The van der Waals surface area contributed by atoms with E-state index in [1.165, 1.54) is 0 Å². The fourth-order valence-corrected chi connectivity index (χ4v) is 6.11. The molecule has 2 saturated heterocycles. The smallest absolute Gasteiger partial charge is 0.319 e. The van der Waals surface area contributed by atoms with Crippen LogP contribution in [0.15, 0.2) is 24.3 Å². The van der Waals surface area contributed by atoms with Crippen LogP contribution < -0.4 is 15.5 Å². The summed E-state index contributed by atoms with van der Waals surface area (Å²) in [4.78, 5) is 23.5. The number of ether oxygens (including phenoxy) is 1. The Balaban J connectivity index is 1.51. The SMILES string of the molecule is CCNC(=O)Nc1ccc(-c2nc3c(c(N4C5CCC4COC5)n2)CS(=O)(=O)C3)cc1. The predicted molar refractivity (Wildman–Crippen MR) is 117 cm³/mol. The topological polar surface area (TPSA) is 114 Å². The van der Waals surface area contributed by atoms with Gasteiger partial charge in [0.25, 0.3) is 0 Å². The van der Waals surface area contributed by atoms with E-state index < -0.39 is 9.84 Å². The summed E-state index contributed by atoms with van der Waals surface area (Å²) >= 11 is 0. The van der Waals surface area contributed by atoms with E-state index in [4.69, 9.17) is 9.72 Å². The molecule has 5 rings (SSSR count). The molecular weight excluding hydrogens is 418 g/mol. The van der Waals surface area contributed by atoms with Crippen LogP contribution in [0.3, 0.4) is 0 Å². The summed E-state index contributed by atoms with van der Waals surface area (Å²) in [5.41, 5.74) is 2.76. The minimum Gasteiger partial charge on any atom is -0.377 e. The number of aromatic nitrogens is 2. The van der Waals surface area contributed by atoms with Gasteiger partial charge in [-0.3, -0.25) is 0 Å². The Labute approximate surface area is 181 Å². The standard InChI is InChI=1S/C21H25N5O4S/c1-2-22-21(27)23-14-5-3-13(4-6-14)19-24-18-12-31(28,29)11-17(18)20(25-19)26-15-7-8-16(26)10-30-9-15/h3-6,15-16H,2,7-12H2,1H3,(H2,22,23,27). The van der Waals surface area contributed by atoms with Crippen molar-refractivity contribution in [2.24, 2.45) is 0 Å². The Morgan fingerprint density at radius 1 is 1.13 bits per heavy atom. The van der Waals surface area contributed by atoms with Crippen LogP contribution in [-0.2, 0) is 26.1 Å². The largest absolute Gasteiger partial charge is 0.377 e. The molecule has 31 heavy (non-hydrogen) atoms. The van der Waals surface area contributed by atoms with Crippen LogP contribution in [0.2, 0.25) is 0 Å². The third-order valence-corrected chi connectivity index (χ3v) is 7.46. The molecule has 2 atom stereocenters. The number of nitrogens with one attached hydrogen (secondary N) is 2. The molecule has 0 aliphatic carbocycles. The molecule has 2 bridgehead atoms. The number of benzene rings is 1. The monoisotopic (exact) mass is 443 g/mol. The summed E-state index contributed by atoms with van der Waals surface area (Å²) in [5, 5.41) is 5.45. The van der Waals surface area contributed by atoms with Crippen molar-refractivity contribution in [3.8, 4) is 11.4 Å². The van der Waals surface area contributed by atoms with Crippen molar-refractivity contribution in [3.05, 3.63) is 35.5 Å². The maximum atomic E-state index is 12.4. The van der Waals surface area contributed by atoms with Crippen LogP contribution in [0.25, 0.3) is 11.4 Å². The molecule has 0 spiro atoms. The molecule has 1 aromatic carbocycles. The highest BCUT2D eigenvalue weighted by Crippen LogP contribution is 2.39. The highest BCUT2D eigenvalue weighted by Gasteiger charge is 2.42. The average molecular weight is 444 g/mol. The third-order valence-electron chi connectivity index (χ3n) is 6.02. The average Bonchev–Trinajstić information content (AvgIpc) is 3.17. The van der Waals surface area contributed by atoms with Gasteiger partial charge in [0.2, 0.25) is 0 Å². The molecule has 2 unspecified atom stereocenters. The van der Waals surface area contributed by atoms with Gasteiger partial charge in [-0.25, -0.2) is 23.2 Å². The molecule has 2 amide bonds. The number of anilines is 2. The summed E-state index contributed by atoms with van der Waals surface area (Å²) in [6.07, 6.45) is 2.04. The van der Waals surface area contributed by atoms with Gasteiger partial charge in [0, 0.05) is 23.4 Å². The van der Waals surface area contributed by atoms with E-state index in [9.17, 15) is 13.2 Å². The number of nitrogens with zero attached hydrogens (tertiary/aromatic N) is 3. The number of hydrogen-bond donors (Lipinski definition) is 2. The van der Waals surface area contributed by atoms with E-state index in [1.807, 2.05) is 19.1 Å². The van der Waals surface area contributed by atoms with Gasteiger partial charge in [-0.05, 0) is 44.0 Å². The molecule has 2 N–H and O–H groups in total. The quantitative estimate of drug-likeness (QED) is 0.744. The van der Waals surface area contributed by atoms with Gasteiger partial charge in [0.15, 0.2) is 15.7 Å². The van der Waals surface area contributed by atoms with E-state index in [2.05, 4.69) is 20.5 Å². The number of morpholine rings is 1. The number of urea groups is 1. The first-order valence-electron chi connectivity index (χ1n) is 10.5. The van der Waals surface area contributed by atoms with Crippen LogP contribution in [0.5, 0.6) is 0 Å². The number of amides is 2. The van der Waals surface area contributed by atoms with Crippen molar-refractivity contribution in [1.29, 1.82) is 0 Å². The van der Waals surface area contributed by atoms with Crippen molar-refractivity contribution in [2.45, 2.75) is 43.4 Å². The van der Waals surface area contributed by atoms with Crippen molar-refractivity contribution in [2.75, 3.05) is 30.0 Å². The Hall–Kier alpha value is -2.72. The first-order valence-corrected chi connectivity index (χ1v) is 12.4. The minimum atomic E-state index is -3.22. The zero-order chi connectivity index (χ0) is 21.6. The normalized spacial score (nSPS) is 23.5. The third kappa shape index (κ3) is 3.85. The molecule has 10 heteroatoms. The fourth-order valence-electron chi connectivity index (χ4n) is 4.62. The molecule has 1 aromatic heterocycles. The number of carbonyl (C=O) groups excluding carboxylic acids is 1. The van der Waals surface area contributed by atoms with Crippen molar-refractivity contribution in [3.63, 3.8) is 0 Å². The highest BCUT2D eigenvalue weighted by atomic mass is 32.2. The van der Waals surface area contributed by atoms with Crippen LogP contribution in [0, 0.1) is 0 Å². The summed E-state index contributed by atoms with van der Waals surface area (Å²) in [6, 6.07) is 7.43. The van der Waals surface area contributed by atoms with Crippen molar-refractivity contribution < 1.29 is 17.9 Å². The Morgan fingerprint density at radius 3 is 2.52 bits per heavy atom. The van der Waals surface area contributed by atoms with Crippen molar-refractivity contribution in [1.82, 2.24) is 15.3 Å². The van der Waals surface area contributed by atoms with Crippen LogP contribution in [0.4, 0.5) is 16.3 Å². The summed E-state index contributed by atoms with van der Waals surface area (Å²) in [7, 11) is -3.22. The molecule has 164 valence electrons. The molecule has 4 heterocycles. The minimum absolute atomic E-state index is 0.00978. The maximum absolute atomic E-state index is 12.4. The zero-order valence-corrected chi connectivity index (χ0v) is 18.1. The lowest BCUT2D eigenvalue weighted by molar-refractivity contribution is 0.0901. The molecule has 0 saturated carbocycles. The Morgan fingerprint density at radius 2 is 1.84 bits per heavy atom. The van der Waals surface area contributed by atoms with Gasteiger partial charge in [-0.2, -0.15) is 0 Å². The van der Waals surface area contributed by atoms with E-state index in [0.717, 1.165) is 29.8 Å². The summed E-state index contributed by atoms with van der Waals surface area (Å²) in [5.74, 6) is 1.17. The van der Waals surface area contributed by atoms with E-state index in [0.29, 0.717) is 37.0 Å². The number of hydrogen-bond acceptors (Lipinski definition) is 7. The van der Waals surface area contributed by atoms with Gasteiger partial charge >= 0.3 is 6.03 Å². The lowest BCUT2D eigenvalue weighted by Gasteiger charge is -2.36. The molecular formula is C21H25N5O4S. The Bertz CT molecular complexity index is 1100. The highest BCUT2D eigenvalue weighted by molar-refractivity contribution is 7.90. The van der Waals surface area contributed by atoms with Crippen LogP contribution in [0.1, 0.15) is 31.0 Å². The molecule has 3 aliphatic heterocycles. The second kappa shape index (κ2) is 7.76. The molecule has 9 nitrogen and oxygen atoms in total. The van der Waals surface area contributed by atoms with E-state index in [1.54, 1.807) is 12.1 Å². The number of fused-ring (bicyclic) bond motifs is 3. The maximum Gasteiger partial charge on any atom is 0.319 e. The molecule has 0 radical (unpaired) electrons. The number of rotatable bonds is 4. The zero-order valence-electron chi connectivity index (χ0n) is 17.3. The van der Waals surface area contributed by atoms with E-state index >= 15 is 0 Å².